The Morgan fingerprint density at radius 3 is 0.471 bits per heavy atom. The summed E-state index contributed by atoms with van der Waals surface area (Å²) in [6, 6.07) is 0. The predicted molar refractivity (Wildman–Crippen MR) is 58.1 cm³/mol. The molecule has 0 radical (unpaired) electrons. The van der Waals surface area contributed by atoms with E-state index < -0.39 is 60.2 Å². The normalized spacial score (nSPS) is 19.1. The van der Waals surface area contributed by atoms with Gasteiger partial charge in [-0.2, -0.15) is 0 Å². The van der Waals surface area contributed by atoms with Gasteiger partial charge in [0, 0.05) is 0 Å². The molecule has 0 heterocycles. The van der Waals surface area contributed by atoms with Crippen molar-refractivity contribution in [2.24, 2.45) is 0 Å². The molecule has 0 atom stereocenters. The van der Waals surface area contributed by atoms with Gasteiger partial charge in [0.05, 0.1) is 0 Å². The summed E-state index contributed by atoms with van der Waals surface area (Å²) in [5.41, 5.74) is -32.6. The van der Waals surface area contributed by atoms with Gasteiger partial charge in [-0.25, -0.2) is 0 Å². The quantitative estimate of drug-likeness (QED) is 0.213. The van der Waals surface area contributed by atoms with Crippen LogP contribution in [0, 0.1) is 0 Å². The van der Waals surface area contributed by atoms with Crippen LogP contribution in [0.3, 0.4) is 0 Å². The molecular formula is C9F24P-. The summed E-state index contributed by atoms with van der Waals surface area (Å²) < 4.78 is 308. The average Bonchev–Trinajstić information content (AvgIpc) is 2.50. The van der Waals surface area contributed by atoms with Crippen LogP contribution in [0.5, 0.6) is 0 Å². The molecule has 0 aliphatic carbocycles. The van der Waals surface area contributed by atoms with Crippen LogP contribution in [0.15, 0.2) is 0 Å². The van der Waals surface area contributed by atoms with Crippen LogP contribution in [0.4, 0.5) is 105 Å². The van der Waals surface area contributed by atoms with E-state index in [-0.39, 0.29) is 0 Å². The molecule has 0 nitrogen and oxygen atoms in total. The van der Waals surface area contributed by atoms with E-state index >= 15 is 0 Å². The topological polar surface area (TPSA) is 0 Å². The maximum absolute atomic E-state index is 16.4. The van der Waals surface area contributed by atoms with Crippen molar-refractivity contribution >= 4 is 6.88 Å². The third-order valence-electron chi connectivity index (χ3n) is 4.00. The van der Waals surface area contributed by atoms with Crippen molar-refractivity contribution in [1.82, 2.24) is 0 Å². The monoisotopic (exact) mass is 595 g/mol. The Bertz CT molecular complexity index is 701. The van der Waals surface area contributed by atoms with Gasteiger partial charge in [0.2, 0.25) is 0 Å². The fourth-order valence-corrected chi connectivity index (χ4v) is 5.18. The first-order valence-electron chi connectivity index (χ1n) is 6.65. The van der Waals surface area contributed by atoms with Gasteiger partial charge in [-0.3, -0.25) is 0 Å². The first kappa shape index (κ1) is 32.8. The summed E-state index contributed by atoms with van der Waals surface area (Å²) in [5, 5.41) is 0. The molecular weight excluding hydrogens is 595 g/mol. The van der Waals surface area contributed by atoms with Crippen LogP contribution >= 0.6 is 6.88 Å². The molecule has 0 bridgehead atoms. The van der Waals surface area contributed by atoms with Crippen LogP contribution in [0.2, 0.25) is 0 Å². The van der Waals surface area contributed by atoms with Crippen molar-refractivity contribution in [3.05, 3.63) is 0 Å². The van der Waals surface area contributed by atoms with Gasteiger partial charge >= 0.3 is 165 Å². The Morgan fingerprint density at radius 1 is 0.265 bits per heavy atom. The van der Waals surface area contributed by atoms with Gasteiger partial charge in [-0.15, -0.1) is 0 Å². The summed E-state index contributed by atoms with van der Waals surface area (Å²) in [5.74, 6) is -29.2. The summed E-state index contributed by atoms with van der Waals surface area (Å²) in [6.07, 6.45) is -26.6. The predicted octanol–water partition coefficient (Wildman–Crippen LogP) is 9.10. The molecule has 0 aromatic rings. The van der Waals surface area contributed by atoms with Gasteiger partial charge in [-0.05, 0) is 0 Å². The third-order valence-corrected chi connectivity index (χ3v) is 8.44. The van der Waals surface area contributed by atoms with Crippen molar-refractivity contribution in [1.29, 1.82) is 0 Å². The number of hydrogen-bond donors (Lipinski definition) is 0. The Labute approximate surface area is 166 Å². The van der Waals surface area contributed by atoms with E-state index in [1.807, 2.05) is 0 Å². The summed E-state index contributed by atoms with van der Waals surface area (Å²) in [7, 11) is 0. The first-order chi connectivity index (χ1) is 13.8. The van der Waals surface area contributed by atoms with Gasteiger partial charge in [-0.1, -0.05) is 0 Å². The van der Waals surface area contributed by atoms with E-state index in [0.717, 1.165) is 0 Å². The summed E-state index contributed by atoms with van der Waals surface area (Å²) in [6.45, 7) is -16.4. The van der Waals surface area contributed by atoms with Gasteiger partial charge < -0.3 is 0 Å². The fraction of sp³-hybridized carbons (Fsp3) is 1.00. The van der Waals surface area contributed by atoms with Crippen molar-refractivity contribution in [3.8, 4) is 0 Å². The molecule has 34 heavy (non-hydrogen) atoms. The molecule has 210 valence electrons. The van der Waals surface area contributed by atoms with E-state index in [1.165, 1.54) is 0 Å². The second-order valence-corrected chi connectivity index (χ2v) is 10.4. The van der Waals surface area contributed by atoms with E-state index in [0.29, 0.717) is 0 Å². The number of rotatable bonds is 6. The van der Waals surface area contributed by atoms with Crippen LogP contribution < -0.4 is 0 Å². The van der Waals surface area contributed by atoms with Gasteiger partial charge in [0.25, 0.3) is 0 Å². The molecule has 0 N–H and O–H groups in total. The van der Waals surface area contributed by atoms with Crippen LogP contribution in [-0.4, -0.2) is 53.3 Å². The van der Waals surface area contributed by atoms with Crippen molar-refractivity contribution in [2.45, 2.75) is 53.3 Å². The van der Waals surface area contributed by atoms with Crippen molar-refractivity contribution in [2.75, 3.05) is 0 Å². The maximum atomic E-state index is 14.2. The Kier molecular flexibility index (Phi) is 6.30. The molecule has 0 amide bonds. The Balaban J connectivity index is 8.66. The third kappa shape index (κ3) is 2.85. The molecule has 0 fully saturated rings. The Morgan fingerprint density at radius 2 is 0.382 bits per heavy atom. The van der Waals surface area contributed by atoms with Crippen LogP contribution in [0.25, 0.3) is 0 Å². The molecule has 0 aromatic heterocycles. The molecule has 0 saturated heterocycles. The molecule has 0 aromatic carbocycles. The van der Waals surface area contributed by atoms with E-state index in [2.05, 4.69) is 0 Å². The number of halogens is 24. The fourth-order valence-electron chi connectivity index (χ4n) is 1.94. The zero-order valence-electron chi connectivity index (χ0n) is 14.0. The second-order valence-electron chi connectivity index (χ2n) is 6.13. The van der Waals surface area contributed by atoms with Gasteiger partial charge in [0.1, 0.15) is 0 Å². The van der Waals surface area contributed by atoms with Gasteiger partial charge in [0.15, 0.2) is 0 Å². The van der Waals surface area contributed by atoms with Crippen molar-refractivity contribution < 1.29 is 105 Å². The van der Waals surface area contributed by atoms with Crippen LogP contribution in [0.1, 0.15) is 0 Å². The minimum atomic E-state index is -16.4. The molecule has 0 aliphatic rings. The van der Waals surface area contributed by atoms with Crippen LogP contribution in [-0.2, 0) is 0 Å². The minimum absolute atomic E-state index is 8.86. The number of hydrogen-bond acceptors (Lipinski definition) is 0. The van der Waals surface area contributed by atoms with E-state index in [1.54, 1.807) is 0 Å². The number of alkyl halides is 21. The zero-order chi connectivity index (χ0) is 28.9. The molecule has 0 aliphatic heterocycles. The summed E-state index contributed by atoms with van der Waals surface area (Å²) in [4.78, 5) is 0. The standard InChI is InChI=1S/C9F24P/c10-1(11,4(16,17)18)7(25,26)34(31,32,33,8(27,28)2(12,13)5(19,20)21)9(29,30)3(14,15)6(22,23)24/q-1. The molecule has 0 saturated carbocycles. The molecule has 0 unspecified atom stereocenters. The Hall–Kier alpha value is -1.25. The average molecular weight is 595 g/mol. The molecule has 0 rings (SSSR count). The zero-order valence-corrected chi connectivity index (χ0v) is 14.9. The first-order valence-corrected chi connectivity index (χ1v) is 9.00. The summed E-state index contributed by atoms with van der Waals surface area (Å²) >= 11 is 0. The van der Waals surface area contributed by atoms with E-state index in [4.69, 9.17) is 0 Å². The molecule has 25 heteroatoms. The molecule has 0 spiro atoms. The SMILES string of the molecule is FC(F)(F)C(F)(F)C(F)(F)[P-](F)(F)(F)(C(F)(F)C(F)(F)C(F)(F)F)C(F)(F)C(F)(F)C(F)(F)F. The van der Waals surface area contributed by atoms with Crippen molar-refractivity contribution in [3.63, 3.8) is 0 Å². The van der Waals surface area contributed by atoms with E-state index in [9.17, 15) is 105 Å². The second kappa shape index (κ2) is 6.54.